The summed E-state index contributed by atoms with van der Waals surface area (Å²) in [5.74, 6) is 0. The molecule has 7 N–H and O–H groups in total. The highest BCUT2D eigenvalue weighted by Crippen LogP contribution is 2.04. The fraction of sp³-hybridized carbons (Fsp3) is 0.833. The molecular formula is C6H14N2O7. The van der Waals surface area contributed by atoms with Crippen LogP contribution in [0.2, 0.25) is 0 Å². The molecule has 9 heteroatoms. The number of aliphatic hydroxyl groups excluding tert-OH is 4. The van der Waals surface area contributed by atoms with Gasteiger partial charge in [0.05, 0.1) is 0 Å². The van der Waals surface area contributed by atoms with Crippen LogP contribution in [0.25, 0.3) is 0 Å². The van der Waals surface area contributed by atoms with Crippen molar-refractivity contribution >= 4 is 6.29 Å². The average Bonchev–Trinajstić information content (AvgIpc) is 2.22. The van der Waals surface area contributed by atoms with Crippen molar-refractivity contribution in [3.63, 3.8) is 0 Å². The molecule has 0 spiro atoms. The number of carbonyl (C=O) groups is 1. The Morgan fingerprint density at radius 3 is 2.13 bits per heavy atom. The third-order valence-corrected chi connectivity index (χ3v) is 1.53. The van der Waals surface area contributed by atoms with Gasteiger partial charge in [-0.2, -0.15) is 0 Å². The van der Waals surface area contributed by atoms with Crippen molar-refractivity contribution in [3.05, 3.63) is 4.91 Å². The van der Waals surface area contributed by atoms with Gasteiger partial charge in [0.25, 0.3) is 0 Å². The van der Waals surface area contributed by atoms with Crippen molar-refractivity contribution < 1.29 is 30.1 Å². The highest BCUT2D eigenvalue weighted by molar-refractivity contribution is 5.56. The van der Waals surface area contributed by atoms with Gasteiger partial charge in [0.15, 0.2) is 11.6 Å². The number of hydrogen-bond acceptors (Lipinski definition) is 9. The Balaban J connectivity index is 0. The maximum Gasteiger partial charge on any atom is 0.155 e. The van der Waals surface area contributed by atoms with E-state index in [2.05, 4.69) is 4.84 Å². The van der Waals surface area contributed by atoms with Crippen LogP contribution in [0.1, 0.15) is 0 Å². The fourth-order valence-electron chi connectivity index (χ4n) is 0.716. The van der Waals surface area contributed by atoms with Crippen LogP contribution < -0.4 is 6.15 Å². The molecule has 0 saturated carbocycles. The van der Waals surface area contributed by atoms with Gasteiger partial charge in [0.2, 0.25) is 0 Å². The second-order valence-corrected chi connectivity index (χ2v) is 2.55. The third-order valence-electron chi connectivity index (χ3n) is 1.53. The van der Waals surface area contributed by atoms with Crippen LogP contribution in [-0.4, -0.2) is 57.7 Å². The van der Waals surface area contributed by atoms with E-state index in [4.69, 9.17) is 20.4 Å². The fourth-order valence-corrected chi connectivity index (χ4v) is 0.716. The van der Waals surface area contributed by atoms with Crippen molar-refractivity contribution in [3.8, 4) is 0 Å². The van der Waals surface area contributed by atoms with Crippen LogP contribution in [0.15, 0.2) is 5.34 Å². The van der Waals surface area contributed by atoms with Gasteiger partial charge >= 0.3 is 0 Å². The molecule has 0 radical (unpaired) electrons. The summed E-state index contributed by atoms with van der Waals surface area (Å²) < 4.78 is 0. The van der Waals surface area contributed by atoms with Crippen LogP contribution in [0.4, 0.5) is 0 Å². The predicted octanol–water partition coefficient (Wildman–Crippen LogP) is -2.51. The topological polar surface area (TPSA) is 172 Å². The molecular weight excluding hydrogens is 212 g/mol. The molecule has 0 saturated heterocycles. The van der Waals surface area contributed by atoms with Crippen molar-refractivity contribution in [2.45, 2.75) is 24.4 Å². The van der Waals surface area contributed by atoms with E-state index in [1.807, 2.05) is 5.34 Å². The predicted molar refractivity (Wildman–Crippen MR) is 46.9 cm³/mol. The van der Waals surface area contributed by atoms with Crippen LogP contribution in [0.3, 0.4) is 0 Å². The molecule has 90 valence electrons. The number of rotatable bonds is 7. The average molecular weight is 226 g/mol. The maximum atomic E-state index is 9.98. The van der Waals surface area contributed by atoms with Crippen LogP contribution in [-0.2, 0) is 9.63 Å². The Morgan fingerprint density at radius 1 is 1.20 bits per heavy atom. The van der Waals surface area contributed by atoms with Gasteiger partial charge in [-0.25, -0.2) is 0 Å². The van der Waals surface area contributed by atoms with E-state index in [-0.39, 0.29) is 12.4 Å². The van der Waals surface area contributed by atoms with Crippen molar-refractivity contribution in [1.29, 1.82) is 0 Å². The van der Waals surface area contributed by atoms with E-state index in [0.29, 0.717) is 0 Å². The molecule has 0 aliphatic rings. The summed E-state index contributed by atoms with van der Waals surface area (Å²) in [6, 6.07) is 0. The van der Waals surface area contributed by atoms with Gasteiger partial charge in [0.1, 0.15) is 31.0 Å². The van der Waals surface area contributed by atoms with Gasteiger partial charge in [-0.15, -0.1) is 4.91 Å². The Kier molecular flexibility index (Phi) is 8.91. The molecule has 0 aromatic heterocycles. The number of nitrogens with zero attached hydrogens (tertiary/aromatic N) is 1. The second kappa shape index (κ2) is 8.20. The first-order valence-electron chi connectivity index (χ1n) is 3.66. The van der Waals surface area contributed by atoms with Gasteiger partial charge in [-0.3, -0.25) is 0 Å². The summed E-state index contributed by atoms with van der Waals surface area (Å²) in [4.78, 5) is 23.3. The minimum absolute atomic E-state index is 0. The van der Waals surface area contributed by atoms with Crippen molar-refractivity contribution in [2.75, 3.05) is 6.61 Å². The lowest BCUT2D eigenvalue weighted by molar-refractivity contribution is -0.138. The minimum atomic E-state index is -1.85. The lowest BCUT2D eigenvalue weighted by Gasteiger charge is -2.22. The summed E-state index contributed by atoms with van der Waals surface area (Å²) in [6.45, 7) is -0.646. The number of hydrogen-bond donors (Lipinski definition) is 5. The summed E-state index contributed by atoms with van der Waals surface area (Å²) in [6.07, 6.45) is -7.10. The Hall–Kier alpha value is -1.13. The lowest BCUT2D eigenvalue weighted by atomic mass is 10.0. The van der Waals surface area contributed by atoms with Crippen LogP contribution in [0.5, 0.6) is 0 Å². The number of carbonyl (C=O) groups excluding carboxylic acids is 1. The molecule has 0 rings (SSSR count). The standard InChI is InChI=1S/C6H11NO7.H3N/c8-1-3(9)5(11)6(12)4(10)2-14-7-13;/h1,3-6,9-12H,2H2;1H3/t3-,4+,5+,6+;/m0./s1. The van der Waals surface area contributed by atoms with E-state index >= 15 is 0 Å². The smallest absolute Gasteiger partial charge is 0.155 e. The quantitative estimate of drug-likeness (QED) is 0.180. The van der Waals surface area contributed by atoms with E-state index in [1.165, 1.54) is 0 Å². The minimum Gasteiger partial charge on any atom is -0.387 e. The first-order chi connectivity index (χ1) is 6.54. The van der Waals surface area contributed by atoms with Crippen LogP contribution >= 0.6 is 0 Å². The number of aldehydes is 1. The zero-order chi connectivity index (χ0) is 11.1. The summed E-state index contributed by atoms with van der Waals surface area (Å²) in [5.41, 5.74) is 0. The molecule has 0 fully saturated rings. The molecule has 15 heavy (non-hydrogen) atoms. The SMILES string of the molecule is N.O=C[C@H](O)[C@@H](O)[C@H](O)[C@H](O)CON=O. The summed E-state index contributed by atoms with van der Waals surface area (Å²) in [5, 5.41) is 37.8. The van der Waals surface area contributed by atoms with E-state index in [9.17, 15) is 9.70 Å². The third kappa shape index (κ3) is 5.34. The molecule has 0 aliphatic heterocycles. The number of aliphatic hydroxyl groups is 4. The molecule has 0 aromatic rings. The van der Waals surface area contributed by atoms with Crippen molar-refractivity contribution in [1.82, 2.24) is 6.15 Å². The molecule has 0 unspecified atom stereocenters. The largest absolute Gasteiger partial charge is 0.387 e. The first-order valence-corrected chi connectivity index (χ1v) is 3.66. The van der Waals surface area contributed by atoms with Crippen molar-refractivity contribution in [2.24, 2.45) is 5.34 Å². The molecule has 9 nitrogen and oxygen atoms in total. The second-order valence-electron chi connectivity index (χ2n) is 2.55. The Labute approximate surface area is 84.8 Å². The summed E-state index contributed by atoms with van der Waals surface area (Å²) >= 11 is 0. The molecule has 0 heterocycles. The maximum absolute atomic E-state index is 9.98. The zero-order valence-electron chi connectivity index (χ0n) is 7.76. The van der Waals surface area contributed by atoms with Gasteiger partial charge < -0.3 is 36.2 Å². The summed E-state index contributed by atoms with van der Waals surface area (Å²) in [7, 11) is 0. The highest BCUT2D eigenvalue weighted by atomic mass is 16.7. The van der Waals surface area contributed by atoms with E-state index in [0.717, 1.165) is 0 Å². The Bertz CT molecular complexity index is 190. The molecule has 4 atom stereocenters. The monoisotopic (exact) mass is 226 g/mol. The van der Waals surface area contributed by atoms with Gasteiger partial charge in [-0.1, -0.05) is 0 Å². The molecule has 0 aliphatic carbocycles. The first kappa shape index (κ1) is 16.3. The van der Waals surface area contributed by atoms with Gasteiger partial charge in [0, 0.05) is 0 Å². The lowest BCUT2D eigenvalue weighted by Crippen LogP contribution is -2.46. The Morgan fingerprint density at radius 2 is 1.73 bits per heavy atom. The van der Waals surface area contributed by atoms with Gasteiger partial charge in [-0.05, 0) is 0 Å². The zero-order valence-corrected chi connectivity index (χ0v) is 7.76. The van der Waals surface area contributed by atoms with E-state index < -0.39 is 31.0 Å². The highest BCUT2D eigenvalue weighted by Gasteiger charge is 2.30. The van der Waals surface area contributed by atoms with E-state index in [1.54, 1.807) is 0 Å². The molecule has 0 bridgehead atoms. The molecule has 0 amide bonds. The molecule has 0 aromatic carbocycles. The van der Waals surface area contributed by atoms with Crippen LogP contribution in [0, 0.1) is 4.91 Å². The normalized spacial score (nSPS) is 17.9.